The summed E-state index contributed by atoms with van der Waals surface area (Å²) in [7, 11) is -2.20. The van der Waals surface area contributed by atoms with Crippen LogP contribution in [-0.2, 0) is 10.0 Å². The Morgan fingerprint density at radius 1 is 1.00 bits per heavy atom. The zero-order chi connectivity index (χ0) is 21.3. The van der Waals surface area contributed by atoms with Crippen molar-refractivity contribution in [1.29, 1.82) is 0 Å². The van der Waals surface area contributed by atoms with Crippen molar-refractivity contribution in [2.45, 2.75) is 11.8 Å². The SMILES string of the molecule is Cc1ccc(S(=O)(=O)N(C)c2ccc(C(=O)Nc3cccc4cn[nH]c34)cc2)cc1. The quantitative estimate of drug-likeness (QED) is 0.511. The summed E-state index contributed by atoms with van der Waals surface area (Å²) in [5, 5.41) is 10.6. The third kappa shape index (κ3) is 3.65. The van der Waals surface area contributed by atoms with Gasteiger partial charge in [0.1, 0.15) is 0 Å². The Labute approximate surface area is 174 Å². The minimum Gasteiger partial charge on any atom is -0.320 e. The minimum atomic E-state index is -3.69. The summed E-state index contributed by atoms with van der Waals surface area (Å²) in [6.07, 6.45) is 1.68. The van der Waals surface area contributed by atoms with Crippen LogP contribution < -0.4 is 9.62 Å². The largest absolute Gasteiger partial charge is 0.320 e. The molecule has 0 bridgehead atoms. The lowest BCUT2D eigenvalue weighted by Gasteiger charge is -2.20. The van der Waals surface area contributed by atoms with E-state index in [1.165, 1.54) is 11.4 Å². The van der Waals surface area contributed by atoms with E-state index in [-0.39, 0.29) is 10.8 Å². The smallest absolute Gasteiger partial charge is 0.264 e. The molecule has 4 aromatic rings. The van der Waals surface area contributed by atoms with Gasteiger partial charge in [0.2, 0.25) is 0 Å². The molecule has 7 nitrogen and oxygen atoms in total. The molecule has 0 unspecified atom stereocenters. The van der Waals surface area contributed by atoms with Crippen LogP contribution in [0.15, 0.2) is 77.8 Å². The fourth-order valence-electron chi connectivity index (χ4n) is 3.10. The number of anilines is 2. The zero-order valence-corrected chi connectivity index (χ0v) is 17.3. The molecule has 1 aromatic heterocycles. The molecular weight excluding hydrogens is 400 g/mol. The second kappa shape index (κ2) is 7.64. The zero-order valence-electron chi connectivity index (χ0n) is 16.5. The molecule has 0 spiro atoms. The van der Waals surface area contributed by atoms with Crippen LogP contribution in [0.3, 0.4) is 0 Å². The molecule has 1 heterocycles. The second-order valence-corrected chi connectivity index (χ2v) is 8.90. The maximum Gasteiger partial charge on any atom is 0.264 e. The standard InChI is InChI=1S/C22H20N4O3S/c1-15-6-12-19(13-7-15)30(28,29)26(2)18-10-8-16(9-11-18)22(27)24-20-5-3-4-17-14-23-25-21(17)20/h3-14H,1-2H3,(H,23,25)(H,24,27). The summed E-state index contributed by atoms with van der Waals surface area (Å²) < 4.78 is 26.9. The number of benzene rings is 3. The molecule has 0 aliphatic heterocycles. The lowest BCUT2D eigenvalue weighted by molar-refractivity contribution is 0.102. The van der Waals surface area contributed by atoms with Crippen molar-refractivity contribution in [3.05, 3.63) is 84.1 Å². The summed E-state index contributed by atoms with van der Waals surface area (Å²) in [5.41, 5.74) is 3.22. The number of amides is 1. The van der Waals surface area contributed by atoms with Gasteiger partial charge in [-0.3, -0.25) is 14.2 Å². The maximum absolute atomic E-state index is 12.8. The predicted molar refractivity (Wildman–Crippen MR) is 117 cm³/mol. The molecule has 30 heavy (non-hydrogen) atoms. The number of hydrogen-bond donors (Lipinski definition) is 2. The molecule has 0 saturated carbocycles. The van der Waals surface area contributed by atoms with Gasteiger partial charge in [0.05, 0.1) is 28.0 Å². The lowest BCUT2D eigenvalue weighted by Crippen LogP contribution is -2.26. The highest BCUT2D eigenvalue weighted by molar-refractivity contribution is 7.92. The molecule has 0 aliphatic carbocycles. The summed E-state index contributed by atoms with van der Waals surface area (Å²) >= 11 is 0. The van der Waals surface area contributed by atoms with Crippen molar-refractivity contribution in [1.82, 2.24) is 10.2 Å². The minimum absolute atomic E-state index is 0.213. The first-order valence-corrected chi connectivity index (χ1v) is 10.7. The van der Waals surface area contributed by atoms with E-state index in [1.54, 1.807) is 60.8 Å². The number of fused-ring (bicyclic) bond motifs is 1. The average molecular weight is 420 g/mol. The van der Waals surface area contributed by atoms with Crippen molar-refractivity contribution >= 4 is 38.2 Å². The molecule has 152 valence electrons. The predicted octanol–water partition coefficient (Wildman–Crippen LogP) is 3.95. The van der Waals surface area contributed by atoms with E-state index >= 15 is 0 Å². The maximum atomic E-state index is 12.8. The van der Waals surface area contributed by atoms with E-state index in [0.717, 1.165) is 16.5 Å². The Bertz CT molecular complexity index is 1310. The Balaban J connectivity index is 1.54. The molecular formula is C22H20N4O3S. The summed E-state index contributed by atoms with van der Waals surface area (Å²) in [4.78, 5) is 12.8. The van der Waals surface area contributed by atoms with E-state index in [1.807, 2.05) is 19.1 Å². The van der Waals surface area contributed by atoms with Gasteiger partial charge in [0, 0.05) is 18.0 Å². The molecule has 4 rings (SSSR count). The first kappa shape index (κ1) is 19.7. The van der Waals surface area contributed by atoms with Crippen LogP contribution in [0.1, 0.15) is 15.9 Å². The first-order valence-electron chi connectivity index (χ1n) is 9.25. The van der Waals surface area contributed by atoms with Crippen LogP contribution in [0.2, 0.25) is 0 Å². The van der Waals surface area contributed by atoms with Gasteiger partial charge < -0.3 is 5.32 Å². The number of H-pyrrole nitrogens is 1. The van der Waals surface area contributed by atoms with Crippen LogP contribution in [0, 0.1) is 6.92 Å². The third-order valence-electron chi connectivity index (χ3n) is 4.90. The highest BCUT2D eigenvalue weighted by atomic mass is 32.2. The fraction of sp³-hybridized carbons (Fsp3) is 0.0909. The number of nitrogens with one attached hydrogen (secondary N) is 2. The van der Waals surface area contributed by atoms with Gasteiger partial charge in [-0.1, -0.05) is 29.8 Å². The summed E-state index contributed by atoms with van der Waals surface area (Å²) in [6, 6.07) is 18.6. The molecule has 1 amide bonds. The number of aryl methyl sites for hydroxylation is 1. The van der Waals surface area contributed by atoms with Crippen molar-refractivity contribution in [2.24, 2.45) is 0 Å². The van der Waals surface area contributed by atoms with E-state index < -0.39 is 10.0 Å². The summed E-state index contributed by atoms with van der Waals surface area (Å²) in [5.74, 6) is -0.298. The van der Waals surface area contributed by atoms with E-state index in [9.17, 15) is 13.2 Å². The molecule has 0 atom stereocenters. The number of hydrogen-bond acceptors (Lipinski definition) is 4. The number of nitrogens with zero attached hydrogens (tertiary/aromatic N) is 2. The topological polar surface area (TPSA) is 95.2 Å². The van der Waals surface area contributed by atoms with Crippen LogP contribution in [-0.4, -0.2) is 31.6 Å². The van der Waals surface area contributed by atoms with Gasteiger partial charge in [-0.2, -0.15) is 5.10 Å². The van der Waals surface area contributed by atoms with Crippen LogP contribution in [0.4, 0.5) is 11.4 Å². The van der Waals surface area contributed by atoms with Crippen molar-refractivity contribution < 1.29 is 13.2 Å². The summed E-state index contributed by atoms with van der Waals surface area (Å²) in [6.45, 7) is 1.90. The van der Waals surface area contributed by atoms with Crippen LogP contribution in [0.5, 0.6) is 0 Å². The molecule has 0 radical (unpaired) electrons. The van der Waals surface area contributed by atoms with Crippen LogP contribution in [0.25, 0.3) is 10.9 Å². The van der Waals surface area contributed by atoms with Gasteiger partial charge in [0.15, 0.2) is 0 Å². The molecule has 3 aromatic carbocycles. The Kier molecular flexibility index (Phi) is 5.01. The lowest BCUT2D eigenvalue weighted by atomic mass is 10.1. The number of aromatic amines is 1. The van der Waals surface area contributed by atoms with Gasteiger partial charge in [-0.15, -0.1) is 0 Å². The van der Waals surface area contributed by atoms with E-state index in [2.05, 4.69) is 15.5 Å². The van der Waals surface area contributed by atoms with E-state index in [0.29, 0.717) is 16.9 Å². The number of aromatic nitrogens is 2. The molecule has 8 heteroatoms. The highest BCUT2D eigenvalue weighted by Crippen LogP contribution is 2.24. The third-order valence-corrected chi connectivity index (χ3v) is 6.70. The number of carbonyl (C=O) groups excluding carboxylic acids is 1. The monoisotopic (exact) mass is 420 g/mol. The van der Waals surface area contributed by atoms with Crippen molar-refractivity contribution in [3.63, 3.8) is 0 Å². The fourth-order valence-corrected chi connectivity index (χ4v) is 4.29. The number of sulfonamides is 1. The molecule has 2 N–H and O–H groups in total. The van der Waals surface area contributed by atoms with Crippen molar-refractivity contribution in [3.8, 4) is 0 Å². The first-order chi connectivity index (χ1) is 14.4. The number of para-hydroxylation sites is 1. The van der Waals surface area contributed by atoms with Gasteiger partial charge in [-0.25, -0.2) is 8.42 Å². The molecule has 0 aliphatic rings. The Hall–Kier alpha value is -3.65. The Morgan fingerprint density at radius 3 is 2.40 bits per heavy atom. The van der Waals surface area contributed by atoms with E-state index in [4.69, 9.17) is 0 Å². The Morgan fingerprint density at radius 2 is 1.70 bits per heavy atom. The number of rotatable bonds is 5. The normalized spacial score (nSPS) is 11.4. The molecule has 0 saturated heterocycles. The van der Waals surface area contributed by atoms with Gasteiger partial charge in [0.25, 0.3) is 15.9 Å². The average Bonchev–Trinajstić information content (AvgIpc) is 3.23. The van der Waals surface area contributed by atoms with Gasteiger partial charge in [-0.05, 0) is 49.4 Å². The number of carbonyl (C=O) groups is 1. The van der Waals surface area contributed by atoms with Gasteiger partial charge >= 0.3 is 0 Å². The van der Waals surface area contributed by atoms with Crippen LogP contribution >= 0.6 is 0 Å². The highest BCUT2D eigenvalue weighted by Gasteiger charge is 2.21. The second-order valence-electron chi connectivity index (χ2n) is 6.93. The van der Waals surface area contributed by atoms with Crippen molar-refractivity contribution in [2.75, 3.05) is 16.7 Å². The molecule has 0 fully saturated rings.